The molecule has 6 nitrogen and oxygen atoms in total. The van der Waals surface area contributed by atoms with Crippen LogP contribution in [0.3, 0.4) is 0 Å². The van der Waals surface area contributed by atoms with E-state index in [1.165, 1.54) is 12.2 Å². The number of carbonyl (C=O) groups is 2. The van der Waals surface area contributed by atoms with Crippen molar-refractivity contribution in [2.45, 2.75) is 0 Å². The third-order valence-electron chi connectivity index (χ3n) is 3.07. The first kappa shape index (κ1) is 20.5. The van der Waals surface area contributed by atoms with Gasteiger partial charge in [0.1, 0.15) is 11.5 Å². The molecule has 0 fully saturated rings. The number of aliphatic carboxylic acids is 2. The Balaban J connectivity index is 0.000000260. The molecule has 0 saturated heterocycles. The average molecular weight is 356 g/mol. The van der Waals surface area contributed by atoms with E-state index in [0.29, 0.717) is 0 Å². The van der Waals surface area contributed by atoms with Crippen molar-refractivity contribution in [3.8, 4) is 11.5 Å². The average Bonchev–Trinajstić information content (AvgIpc) is 2.66. The highest BCUT2D eigenvalue weighted by atomic mass is 16.5. The Kier molecular flexibility index (Phi) is 8.75. The number of rotatable bonds is 6. The van der Waals surface area contributed by atoms with Crippen LogP contribution >= 0.6 is 0 Å². The standard InChI is InChI=1S/2C10H10O3/c2*1-13-9-5-2-8(3-6-9)4-7-10(11)12/h2*2-7H,1H3,(H,11,12). The van der Waals surface area contributed by atoms with Crippen LogP contribution in [0.1, 0.15) is 11.1 Å². The maximum Gasteiger partial charge on any atom is 0.328 e. The second kappa shape index (κ2) is 11.1. The van der Waals surface area contributed by atoms with Gasteiger partial charge in [-0.3, -0.25) is 0 Å². The van der Waals surface area contributed by atoms with Crippen LogP contribution in [0, 0.1) is 0 Å². The van der Waals surface area contributed by atoms with E-state index in [9.17, 15) is 9.59 Å². The maximum absolute atomic E-state index is 10.2. The summed E-state index contributed by atoms with van der Waals surface area (Å²) in [4.78, 5) is 20.4. The van der Waals surface area contributed by atoms with Gasteiger partial charge in [-0.05, 0) is 47.5 Å². The fourth-order valence-corrected chi connectivity index (χ4v) is 1.77. The van der Waals surface area contributed by atoms with Gasteiger partial charge in [0.25, 0.3) is 0 Å². The fourth-order valence-electron chi connectivity index (χ4n) is 1.77. The van der Waals surface area contributed by atoms with E-state index in [2.05, 4.69) is 0 Å². The van der Waals surface area contributed by atoms with E-state index in [1.807, 2.05) is 0 Å². The van der Waals surface area contributed by atoms with E-state index in [4.69, 9.17) is 19.7 Å². The fraction of sp³-hybridized carbons (Fsp3) is 0.100. The molecule has 0 spiro atoms. The molecule has 0 aliphatic carbocycles. The minimum atomic E-state index is -0.948. The lowest BCUT2D eigenvalue weighted by molar-refractivity contribution is -0.132. The monoisotopic (exact) mass is 356 g/mol. The van der Waals surface area contributed by atoms with Crippen LogP contribution in [0.4, 0.5) is 0 Å². The summed E-state index contributed by atoms with van der Waals surface area (Å²) in [5.74, 6) is -0.383. The van der Waals surface area contributed by atoms with E-state index < -0.39 is 11.9 Å². The Hall–Kier alpha value is -3.54. The summed E-state index contributed by atoms with van der Waals surface area (Å²) < 4.78 is 9.91. The molecular weight excluding hydrogens is 336 g/mol. The minimum absolute atomic E-state index is 0.757. The van der Waals surface area contributed by atoms with Crippen LogP contribution in [0.2, 0.25) is 0 Å². The molecule has 6 heteroatoms. The SMILES string of the molecule is COc1ccc(C=CC(=O)O)cc1.COc1ccc(C=CC(=O)O)cc1. The molecule has 0 aromatic heterocycles. The topological polar surface area (TPSA) is 93.1 Å². The first-order chi connectivity index (χ1) is 12.4. The molecule has 0 bridgehead atoms. The van der Waals surface area contributed by atoms with Gasteiger partial charge in [0.2, 0.25) is 0 Å². The van der Waals surface area contributed by atoms with E-state index in [-0.39, 0.29) is 0 Å². The van der Waals surface area contributed by atoms with Gasteiger partial charge in [0.05, 0.1) is 14.2 Å². The van der Waals surface area contributed by atoms with Crippen LogP contribution in [0.15, 0.2) is 60.7 Å². The molecule has 0 radical (unpaired) electrons. The van der Waals surface area contributed by atoms with Crippen molar-refractivity contribution in [2.24, 2.45) is 0 Å². The van der Waals surface area contributed by atoms with Crippen molar-refractivity contribution in [2.75, 3.05) is 14.2 Å². The van der Waals surface area contributed by atoms with Gasteiger partial charge in [-0.15, -0.1) is 0 Å². The number of benzene rings is 2. The predicted octanol–water partition coefficient (Wildman–Crippen LogP) is 3.59. The van der Waals surface area contributed by atoms with Crippen LogP contribution < -0.4 is 9.47 Å². The molecule has 2 aromatic rings. The lowest BCUT2D eigenvalue weighted by Crippen LogP contribution is -1.86. The number of hydrogen-bond donors (Lipinski definition) is 2. The molecule has 0 amide bonds. The summed E-state index contributed by atoms with van der Waals surface area (Å²) >= 11 is 0. The number of ether oxygens (including phenoxy) is 2. The third kappa shape index (κ3) is 8.35. The van der Waals surface area contributed by atoms with Gasteiger partial charge in [0.15, 0.2) is 0 Å². The summed E-state index contributed by atoms with van der Waals surface area (Å²) in [6.45, 7) is 0. The predicted molar refractivity (Wildman–Crippen MR) is 99.3 cm³/mol. The second-order valence-corrected chi connectivity index (χ2v) is 4.89. The highest BCUT2D eigenvalue weighted by Gasteiger charge is 1.92. The van der Waals surface area contributed by atoms with Crippen molar-refractivity contribution >= 4 is 24.1 Å². The molecule has 0 saturated carbocycles. The van der Waals surface area contributed by atoms with Crippen LogP contribution in [-0.2, 0) is 9.59 Å². The van der Waals surface area contributed by atoms with Gasteiger partial charge in [-0.25, -0.2) is 9.59 Å². The zero-order valence-electron chi connectivity index (χ0n) is 14.5. The minimum Gasteiger partial charge on any atom is -0.497 e. The molecule has 2 N–H and O–H groups in total. The van der Waals surface area contributed by atoms with E-state index in [1.54, 1.807) is 62.8 Å². The zero-order chi connectivity index (χ0) is 19.4. The Morgan fingerprint density at radius 3 is 1.23 bits per heavy atom. The molecule has 0 aliphatic rings. The first-order valence-corrected chi connectivity index (χ1v) is 7.54. The van der Waals surface area contributed by atoms with Gasteiger partial charge in [-0.1, -0.05) is 24.3 Å². The van der Waals surface area contributed by atoms with Crippen molar-refractivity contribution in [3.63, 3.8) is 0 Å². The largest absolute Gasteiger partial charge is 0.497 e. The number of hydrogen-bond acceptors (Lipinski definition) is 4. The molecule has 0 heterocycles. The number of methoxy groups -OCH3 is 2. The lowest BCUT2D eigenvalue weighted by atomic mass is 10.2. The van der Waals surface area contributed by atoms with Gasteiger partial charge >= 0.3 is 11.9 Å². The Morgan fingerprint density at radius 2 is 1.00 bits per heavy atom. The molecular formula is C20H20O6. The second-order valence-electron chi connectivity index (χ2n) is 4.89. The van der Waals surface area contributed by atoms with Gasteiger partial charge in [0, 0.05) is 12.2 Å². The molecule has 0 aliphatic heterocycles. The summed E-state index contributed by atoms with van der Waals surface area (Å²) in [5, 5.41) is 16.7. The highest BCUT2D eigenvalue weighted by Crippen LogP contribution is 2.12. The molecule has 136 valence electrons. The summed E-state index contributed by atoms with van der Waals surface area (Å²) in [6, 6.07) is 14.3. The van der Waals surface area contributed by atoms with Crippen LogP contribution in [0.5, 0.6) is 11.5 Å². The van der Waals surface area contributed by atoms with Gasteiger partial charge < -0.3 is 19.7 Å². The zero-order valence-corrected chi connectivity index (χ0v) is 14.5. The Bertz CT molecular complexity index is 690. The first-order valence-electron chi connectivity index (χ1n) is 7.54. The van der Waals surface area contributed by atoms with Crippen LogP contribution in [0.25, 0.3) is 12.2 Å². The molecule has 2 aromatic carbocycles. The van der Waals surface area contributed by atoms with Crippen molar-refractivity contribution < 1.29 is 29.3 Å². The van der Waals surface area contributed by atoms with Crippen molar-refractivity contribution in [1.82, 2.24) is 0 Å². The van der Waals surface area contributed by atoms with E-state index >= 15 is 0 Å². The van der Waals surface area contributed by atoms with E-state index in [0.717, 1.165) is 34.8 Å². The molecule has 0 unspecified atom stereocenters. The normalized spacial score (nSPS) is 10.2. The highest BCUT2D eigenvalue weighted by molar-refractivity contribution is 5.85. The van der Waals surface area contributed by atoms with Crippen LogP contribution in [-0.4, -0.2) is 36.4 Å². The lowest BCUT2D eigenvalue weighted by Gasteiger charge is -1.98. The summed E-state index contributed by atoms with van der Waals surface area (Å²) in [6.07, 6.45) is 5.26. The maximum atomic E-state index is 10.2. The quantitative estimate of drug-likeness (QED) is 0.769. The number of carboxylic acid groups (broad SMARTS) is 2. The summed E-state index contributed by atoms with van der Waals surface area (Å²) in [5.41, 5.74) is 1.67. The summed E-state index contributed by atoms with van der Waals surface area (Å²) in [7, 11) is 3.17. The molecule has 2 rings (SSSR count). The van der Waals surface area contributed by atoms with Crippen molar-refractivity contribution in [3.05, 3.63) is 71.8 Å². The molecule has 26 heavy (non-hydrogen) atoms. The molecule has 0 atom stereocenters. The Labute approximate surface area is 151 Å². The third-order valence-corrected chi connectivity index (χ3v) is 3.07. The number of carboxylic acids is 2. The van der Waals surface area contributed by atoms with Gasteiger partial charge in [-0.2, -0.15) is 0 Å². The van der Waals surface area contributed by atoms with Crippen molar-refractivity contribution in [1.29, 1.82) is 0 Å². The Morgan fingerprint density at radius 1 is 0.692 bits per heavy atom. The smallest absolute Gasteiger partial charge is 0.328 e.